The molecule has 0 bridgehead atoms. The highest BCUT2D eigenvalue weighted by Crippen LogP contribution is 2.37. The van der Waals surface area contributed by atoms with Crippen molar-refractivity contribution in [1.29, 1.82) is 0 Å². The van der Waals surface area contributed by atoms with Gasteiger partial charge in [0.2, 0.25) is 5.12 Å². The molecule has 6 heteroatoms. The fourth-order valence-electron chi connectivity index (χ4n) is 1.78. The van der Waals surface area contributed by atoms with Crippen LogP contribution in [0.3, 0.4) is 0 Å². The van der Waals surface area contributed by atoms with Crippen LogP contribution in [0.15, 0.2) is 42.6 Å². The Morgan fingerprint density at radius 1 is 1.37 bits per heavy atom. The van der Waals surface area contributed by atoms with Crippen LogP contribution in [0, 0.1) is 0 Å². The first-order valence-electron chi connectivity index (χ1n) is 5.79. The molecule has 0 spiro atoms. The summed E-state index contributed by atoms with van der Waals surface area (Å²) >= 11 is 1.21. The molecule has 0 aromatic heterocycles. The number of rotatable bonds is 2. The van der Waals surface area contributed by atoms with Crippen LogP contribution < -0.4 is 0 Å². The van der Waals surface area contributed by atoms with Gasteiger partial charge in [-0.3, -0.25) is 4.79 Å². The van der Waals surface area contributed by atoms with Crippen molar-refractivity contribution >= 4 is 23.0 Å². The van der Waals surface area contributed by atoms with E-state index in [4.69, 9.17) is 9.57 Å². The first kappa shape index (κ1) is 12.3. The first-order chi connectivity index (χ1) is 9.24. The Hall–Kier alpha value is -1.79. The molecule has 1 aromatic rings. The van der Waals surface area contributed by atoms with Gasteiger partial charge in [0.1, 0.15) is 6.61 Å². The van der Waals surface area contributed by atoms with Crippen molar-refractivity contribution < 1.29 is 19.2 Å². The molecule has 2 heterocycles. The molecule has 1 fully saturated rings. The summed E-state index contributed by atoms with van der Waals surface area (Å²) in [5.41, 5.74) is 0.894. The third-order valence-corrected chi connectivity index (χ3v) is 3.95. The Morgan fingerprint density at radius 2 is 2.16 bits per heavy atom. The fourth-order valence-corrected chi connectivity index (χ4v) is 2.59. The number of amides is 1. The fraction of sp³-hybridized carbons (Fsp3) is 0.231. The molecule has 3 rings (SSSR count). The normalized spacial score (nSPS) is 24.6. The minimum atomic E-state index is -0.622. The Morgan fingerprint density at radius 3 is 2.89 bits per heavy atom. The van der Waals surface area contributed by atoms with Crippen molar-refractivity contribution in [3.8, 4) is 0 Å². The highest BCUT2D eigenvalue weighted by atomic mass is 32.2. The van der Waals surface area contributed by atoms with Gasteiger partial charge in [0.15, 0.2) is 6.10 Å². The summed E-state index contributed by atoms with van der Waals surface area (Å²) in [6, 6.07) is 9.36. The van der Waals surface area contributed by atoms with E-state index in [1.165, 1.54) is 18.0 Å². The van der Waals surface area contributed by atoms with Gasteiger partial charge in [-0.05, 0) is 11.6 Å². The lowest BCUT2D eigenvalue weighted by Crippen LogP contribution is -2.50. The Balaban J connectivity index is 1.56. The van der Waals surface area contributed by atoms with Gasteiger partial charge in [0, 0.05) is 6.20 Å². The van der Waals surface area contributed by atoms with E-state index < -0.39 is 12.2 Å². The minimum absolute atomic E-state index is 0.0191. The first-order valence-corrected chi connectivity index (χ1v) is 6.67. The lowest BCUT2D eigenvalue weighted by atomic mass is 10.2. The van der Waals surface area contributed by atoms with Crippen molar-refractivity contribution in [2.24, 2.45) is 0 Å². The Kier molecular flexibility index (Phi) is 3.27. The lowest BCUT2D eigenvalue weighted by molar-refractivity contribution is -0.164. The summed E-state index contributed by atoms with van der Waals surface area (Å²) in [6.07, 6.45) is 2.08. The van der Waals surface area contributed by atoms with E-state index in [9.17, 15) is 9.59 Å². The van der Waals surface area contributed by atoms with E-state index in [0.29, 0.717) is 0 Å². The Labute approximate surface area is 114 Å². The van der Waals surface area contributed by atoms with Gasteiger partial charge in [-0.1, -0.05) is 42.1 Å². The standard InChI is InChI=1S/C13H11NO4S/c15-12-11-10(19-12)6-7-14(18-11)13(16)17-8-9-4-2-1-3-5-9/h1-7,10-11H,8H2. The predicted octanol–water partition coefficient (Wildman–Crippen LogP) is 2.09. The van der Waals surface area contributed by atoms with Crippen LogP contribution in [0.1, 0.15) is 5.56 Å². The molecule has 1 aromatic carbocycles. The maximum Gasteiger partial charge on any atom is 0.438 e. The molecule has 0 N–H and O–H groups in total. The van der Waals surface area contributed by atoms with Crippen LogP contribution in [-0.4, -0.2) is 27.6 Å². The van der Waals surface area contributed by atoms with E-state index in [1.807, 2.05) is 30.3 Å². The molecule has 19 heavy (non-hydrogen) atoms. The molecule has 2 aliphatic rings. The molecule has 0 saturated carbocycles. The van der Waals surface area contributed by atoms with Crippen molar-refractivity contribution in [2.75, 3.05) is 0 Å². The monoisotopic (exact) mass is 277 g/mol. The minimum Gasteiger partial charge on any atom is -0.443 e. The number of fused-ring (bicyclic) bond motifs is 1. The average molecular weight is 277 g/mol. The third kappa shape index (κ3) is 2.50. The molecular formula is C13H11NO4S. The second kappa shape index (κ2) is 5.07. The van der Waals surface area contributed by atoms with Crippen molar-refractivity contribution in [3.63, 3.8) is 0 Å². The van der Waals surface area contributed by atoms with Gasteiger partial charge in [-0.15, -0.1) is 0 Å². The SMILES string of the molecule is O=C1SC2C=CN(C(=O)OCc3ccccc3)OC12. The average Bonchev–Trinajstić information content (AvgIpc) is 2.45. The molecule has 1 amide bonds. The van der Waals surface area contributed by atoms with Crippen molar-refractivity contribution in [2.45, 2.75) is 18.0 Å². The van der Waals surface area contributed by atoms with Crippen LogP contribution >= 0.6 is 11.8 Å². The number of hydrogen-bond acceptors (Lipinski definition) is 5. The highest BCUT2D eigenvalue weighted by molar-refractivity contribution is 8.16. The smallest absolute Gasteiger partial charge is 0.438 e. The molecule has 2 unspecified atom stereocenters. The van der Waals surface area contributed by atoms with Crippen LogP contribution in [-0.2, 0) is 21.0 Å². The quantitative estimate of drug-likeness (QED) is 0.828. The van der Waals surface area contributed by atoms with E-state index >= 15 is 0 Å². The number of hydrogen-bond donors (Lipinski definition) is 0. The molecule has 0 aliphatic carbocycles. The van der Waals surface area contributed by atoms with E-state index in [0.717, 1.165) is 10.6 Å². The van der Waals surface area contributed by atoms with Gasteiger partial charge >= 0.3 is 6.09 Å². The summed E-state index contributed by atoms with van der Waals surface area (Å²) in [6.45, 7) is 0.171. The summed E-state index contributed by atoms with van der Waals surface area (Å²) in [7, 11) is 0. The van der Waals surface area contributed by atoms with Crippen LogP contribution in [0.25, 0.3) is 0 Å². The number of carbonyl (C=O) groups is 2. The number of thioether (sulfide) groups is 1. The maximum atomic E-state index is 11.8. The Bertz CT molecular complexity index is 531. The van der Waals surface area contributed by atoms with Gasteiger partial charge in [0.25, 0.3) is 0 Å². The molecule has 5 nitrogen and oxygen atoms in total. The third-order valence-electron chi connectivity index (χ3n) is 2.81. The van der Waals surface area contributed by atoms with Crippen LogP contribution in [0.4, 0.5) is 4.79 Å². The highest BCUT2D eigenvalue weighted by Gasteiger charge is 2.45. The molecule has 0 radical (unpaired) electrons. The second-order valence-electron chi connectivity index (χ2n) is 4.14. The zero-order chi connectivity index (χ0) is 13.2. The number of hydroxylamine groups is 2. The van der Waals surface area contributed by atoms with Crippen molar-refractivity contribution in [1.82, 2.24) is 5.06 Å². The summed E-state index contributed by atoms with van der Waals surface area (Å²) in [5, 5.41) is 0.933. The van der Waals surface area contributed by atoms with E-state index in [-0.39, 0.29) is 17.0 Å². The number of benzene rings is 1. The molecule has 1 saturated heterocycles. The lowest BCUT2D eigenvalue weighted by Gasteiger charge is -2.37. The number of nitrogens with zero attached hydrogens (tertiary/aromatic N) is 1. The van der Waals surface area contributed by atoms with Crippen LogP contribution in [0.5, 0.6) is 0 Å². The van der Waals surface area contributed by atoms with E-state index in [1.54, 1.807) is 6.08 Å². The molecule has 2 aliphatic heterocycles. The number of ether oxygens (including phenoxy) is 1. The molecule has 2 atom stereocenters. The molecule has 98 valence electrons. The van der Waals surface area contributed by atoms with Gasteiger partial charge in [-0.25, -0.2) is 9.63 Å². The van der Waals surface area contributed by atoms with E-state index in [2.05, 4.69) is 0 Å². The second-order valence-corrected chi connectivity index (χ2v) is 5.32. The maximum absolute atomic E-state index is 11.8. The molecular weight excluding hydrogens is 266 g/mol. The largest absolute Gasteiger partial charge is 0.443 e. The van der Waals surface area contributed by atoms with Gasteiger partial charge < -0.3 is 4.74 Å². The summed E-state index contributed by atoms with van der Waals surface area (Å²) in [4.78, 5) is 28.3. The van der Waals surface area contributed by atoms with Gasteiger partial charge in [0.05, 0.1) is 5.25 Å². The number of carbonyl (C=O) groups excluding carboxylic acids is 2. The van der Waals surface area contributed by atoms with Crippen LogP contribution in [0.2, 0.25) is 0 Å². The summed E-state index contributed by atoms with van der Waals surface area (Å²) < 4.78 is 5.10. The zero-order valence-electron chi connectivity index (χ0n) is 9.89. The topological polar surface area (TPSA) is 55.8 Å². The zero-order valence-corrected chi connectivity index (χ0v) is 10.7. The summed E-state index contributed by atoms with van der Waals surface area (Å²) in [5.74, 6) is 0. The predicted molar refractivity (Wildman–Crippen MR) is 68.9 cm³/mol. The van der Waals surface area contributed by atoms with Gasteiger partial charge in [-0.2, -0.15) is 5.06 Å². The van der Waals surface area contributed by atoms with Crippen molar-refractivity contribution in [3.05, 3.63) is 48.2 Å².